The minimum Gasteiger partial charge on any atom is -0.381 e. The standard InChI is InChI=1S/C15H15ClN2O2/c16-13-4-1-12(2-5-13)3-6-14(19)18-15(11-17)7-9-20-10-8-15/h1-6H,7-10H2,(H,18,19)/b6-3+. The highest BCUT2D eigenvalue weighted by atomic mass is 35.5. The molecule has 0 spiro atoms. The molecule has 1 fully saturated rings. The highest BCUT2D eigenvalue weighted by molar-refractivity contribution is 6.30. The van der Waals surface area contributed by atoms with E-state index < -0.39 is 5.54 Å². The van der Waals surface area contributed by atoms with Gasteiger partial charge in [0.25, 0.3) is 0 Å². The molecule has 1 amide bonds. The van der Waals surface area contributed by atoms with Crippen LogP contribution in [0.5, 0.6) is 0 Å². The van der Waals surface area contributed by atoms with Crippen LogP contribution in [0.4, 0.5) is 0 Å². The van der Waals surface area contributed by atoms with Gasteiger partial charge < -0.3 is 10.1 Å². The lowest BCUT2D eigenvalue weighted by Crippen LogP contribution is -2.50. The molecule has 5 heteroatoms. The summed E-state index contributed by atoms with van der Waals surface area (Å²) in [4.78, 5) is 11.9. The zero-order valence-electron chi connectivity index (χ0n) is 10.9. The lowest BCUT2D eigenvalue weighted by molar-refractivity contribution is -0.118. The second-order valence-corrected chi connectivity index (χ2v) is 5.12. The van der Waals surface area contributed by atoms with Crippen LogP contribution in [0.15, 0.2) is 30.3 Å². The van der Waals surface area contributed by atoms with Crippen molar-refractivity contribution in [2.45, 2.75) is 18.4 Å². The van der Waals surface area contributed by atoms with Gasteiger partial charge in [-0.1, -0.05) is 23.7 Å². The van der Waals surface area contributed by atoms with Gasteiger partial charge in [0.05, 0.1) is 6.07 Å². The maximum Gasteiger partial charge on any atom is 0.245 e. The van der Waals surface area contributed by atoms with E-state index in [2.05, 4.69) is 11.4 Å². The van der Waals surface area contributed by atoms with E-state index in [4.69, 9.17) is 16.3 Å². The van der Waals surface area contributed by atoms with Crippen molar-refractivity contribution in [2.24, 2.45) is 0 Å². The molecule has 104 valence electrons. The van der Waals surface area contributed by atoms with Crippen molar-refractivity contribution < 1.29 is 9.53 Å². The van der Waals surface area contributed by atoms with Gasteiger partial charge in [-0.25, -0.2) is 0 Å². The molecule has 0 unspecified atom stereocenters. The van der Waals surface area contributed by atoms with Crippen molar-refractivity contribution in [3.05, 3.63) is 40.9 Å². The van der Waals surface area contributed by atoms with E-state index in [0.29, 0.717) is 31.1 Å². The molecule has 0 bridgehead atoms. The van der Waals surface area contributed by atoms with E-state index in [-0.39, 0.29) is 5.91 Å². The number of nitrogens with one attached hydrogen (secondary N) is 1. The number of rotatable bonds is 3. The van der Waals surface area contributed by atoms with Crippen molar-refractivity contribution in [2.75, 3.05) is 13.2 Å². The van der Waals surface area contributed by atoms with Gasteiger partial charge in [0.1, 0.15) is 5.54 Å². The van der Waals surface area contributed by atoms with Crippen LogP contribution in [0.3, 0.4) is 0 Å². The van der Waals surface area contributed by atoms with Crippen LogP contribution in [0.1, 0.15) is 18.4 Å². The Morgan fingerprint density at radius 2 is 2.00 bits per heavy atom. The predicted molar refractivity (Wildman–Crippen MR) is 77.0 cm³/mol. The highest BCUT2D eigenvalue weighted by Crippen LogP contribution is 2.19. The maximum absolute atomic E-state index is 11.9. The van der Waals surface area contributed by atoms with Crippen LogP contribution in [0.2, 0.25) is 5.02 Å². The number of nitrogens with zero attached hydrogens (tertiary/aromatic N) is 1. The number of halogens is 1. The van der Waals surface area contributed by atoms with Gasteiger partial charge in [-0.15, -0.1) is 0 Å². The van der Waals surface area contributed by atoms with Gasteiger partial charge >= 0.3 is 0 Å². The third kappa shape index (κ3) is 3.83. The molecule has 20 heavy (non-hydrogen) atoms. The molecule has 1 aromatic carbocycles. The summed E-state index contributed by atoms with van der Waals surface area (Å²) < 4.78 is 5.22. The number of nitriles is 1. The van der Waals surface area contributed by atoms with Crippen molar-refractivity contribution in [1.82, 2.24) is 5.32 Å². The van der Waals surface area contributed by atoms with Gasteiger partial charge in [0, 0.05) is 37.2 Å². The average Bonchev–Trinajstić information content (AvgIpc) is 2.47. The van der Waals surface area contributed by atoms with Gasteiger partial charge in [-0.2, -0.15) is 5.26 Å². The molecule has 0 aromatic heterocycles. The fourth-order valence-corrected chi connectivity index (χ4v) is 2.13. The van der Waals surface area contributed by atoms with E-state index in [9.17, 15) is 10.1 Å². The second kappa shape index (κ2) is 6.56. The van der Waals surface area contributed by atoms with E-state index >= 15 is 0 Å². The van der Waals surface area contributed by atoms with Crippen molar-refractivity contribution in [3.8, 4) is 6.07 Å². The van der Waals surface area contributed by atoms with Crippen LogP contribution in [-0.2, 0) is 9.53 Å². The Labute approximate surface area is 123 Å². The summed E-state index contributed by atoms with van der Waals surface area (Å²) >= 11 is 5.79. The number of amides is 1. The minimum absolute atomic E-state index is 0.275. The number of ether oxygens (including phenoxy) is 1. The van der Waals surface area contributed by atoms with Crippen molar-refractivity contribution in [3.63, 3.8) is 0 Å². The van der Waals surface area contributed by atoms with Crippen molar-refractivity contribution >= 4 is 23.6 Å². The summed E-state index contributed by atoms with van der Waals surface area (Å²) in [6, 6.07) is 9.35. The quantitative estimate of drug-likeness (QED) is 0.870. The molecule has 1 aliphatic rings. The molecule has 1 N–H and O–H groups in total. The lowest BCUT2D eigenvalue weighted by Gasteiger charge is -2.30. The molecule has 1 heterocycles. The highest BCUT2D eigenvalue weighted by Gasteiger charge is 2.33. The Balaban J connectivity index is 1.98. The molecular weight excluding hydrogens is 276 g/mol. The first kappa shape index (κ1) is 14.6. The van der Waals surface area contributed by atoms with E-state index in [1.165, 1.54) is 6.08 Å². The third-order valence-corrected chi connectivity index (χ3v) is 3.47. The van der Waals surface area contributed by atoms with Gasteiger partial charge in [0.15, 0.2) is 0 Å². The van der Waals surface area contributed by atoms with Crippen LogP contribution in [-0.4, -0.2) is 24.7 Å². The summed E-state index contributed by atoms with van der Waals surface area (Å²) in [5.74, 6) is -0.275. The molecule has 4 nitrogen and oxygen atoms in total. The number of hydrogen-bond donors (Lipinski definition) is 1. The molecule has 1 aromatic rings. The molecule has 0 atom stereocenters. The summed E-state index contributed by atoms with van der Waals surface area (Å²) in [5.41, 5.74) is 0.0715. The number of benzene rings is 1. The Kier molecular flexibility index (Phi) is 4.78. The largest absolute Gasteiger partial charge is 0.381 e. The lowest BCUT2D eigenvalue weighted by atomic mass is 9.92. The van der Waals surface area contributed by atoms with Gasteiger partial charge in [-0.05, 0) is 23.8 Å². The first-order chi connectivity index (χ1) is 9.63. The monoisotopic (exact) mass is 290 g/mol. The van der Waals surface area contributed by atoms with E-state index in [1.54, 1.807) is 18.2 Å². The summed E-state index contributed by atoms with van der Waals surface area (Å²) in [6.45, 7) is 0.990. The minimum atomic E-state index is -0.806. The summed E-state index contributed by atoms with van der Waals surface area (Å²) in [6.07, 6.45) is 4.15. The fourth-order valence-electron chi connectivity index (χ4n) is 2.01. The topological polar surface area (TPSA) is 62.1 Å². The van der Waals surface area contributed by atoms with Crippen LogP contribution in [0.25, 0.3) is 6.08 Å². The van der Waals surface area contributed by atoms with E-state index in [1.807, 2.05) is 12.1 Å². The number of carbonyl (C=O) groups is 1. The normalized spacial score (nSPS) is 17.6. The second-order valence-electron chi connectivity index (χ2n) is 4.68. The Morgan fingerprint density at radius 1 is 1.35 bits per heavy atom. The number of carbonyl (C=O) groups excluding carboxylic acids is 1. The zero-order chi connectivity index (χ0) is 14.4. The average molecular weight is 291 g/mol. The first-order valence-corrected chi connectivity index (χ1v) is 6.76. The summed E-state index contributed by atoms with van der Waals surface area (Å²) in [5, 5.41) is 12.7. The molecular formula is C15H15ClN2O2. The SMILES string of the molecule is N#CC1(NC(=O)/C=C/c2ccc(Cl)cc2)CCOCC1. The molecule has 2 rings (SSSR count). The van der Waals surface area contributed by atoms with E-state index in [0.717, 1.165) is 5.56 Å². The fraction of sp³-hybridized carbons (Fsp3) is 0.333. The predicted octanol–water partition coefficient (Wildman–Crippen LogP) is 2.54. The van der Waals surface area contributed by atoms with Gasteiger partial charge in [0.2, 0.25) is 5.91 Å². The molecule has 1 saturated heterocycles. The number of hydrogen-bond acceptors (Lipinski definition) is 3. The molecule has 0 radical (unpaired) electrons. The Hall–Kier alpha value is -1.83. The Bertz CT molecular complexity index is 540. The zero-order valence-corrected chi connectivity index (χ0v) is 11.7. The van der Waals surface area contributed by atoms with Crippen LogP contribution < -0.4 is 5.32 Å². The smallest absolute Gasteiger partial charge is 0.245 e. The molecule has 1 aliphatic heterocycles. The Morgan fingerprint density at radius 3 is 2.60 bits per heavy atom. The third-order valence-electron chi connectivity index (χ3n) is 3.22. The maximum atomic E-state index is 11.9. The van der Waals surface area contributed by atoms with Crippen LogP contribution in [0, 0.1) is 11.3 Å². The first-order valence-electron chi connectivity index (χ1n) is 6.38. The van der Waals surface area contributed by atoms with Crippen LogP contribution >= 0.6 is 11.6 Å². The molecule has 0 aliphatic carbocycles. The van der Waals surface area contributed by atoms with Gasteiger partial charge in [-0.3, -0.25) is 4.79 Å². The molecule has 0 saturated carbocycles. The van der Waals surface area contributed by atoms with Crippen molar-refractivity contribution in [1.29, 1.82) is 5.26 Å². The summed E-state index contributed by atoms with van der Waals surface area (Å²) in [7, 11) is 0.